The predicted octanol–water partition coefficient (Wildman–Crippen LogP) is 3.21. The second-order valence-electron chi connectivity index (χ2n) is 8.22. The maximum Gasteiger partial charge on any atom is 0.162 e. The summed E-state index contributed by atoms with van der Waals surface area (Å²) in [5.41, 5.74) is 10.4. The van der Waals surface area contributed by atoms with Crippen LogP contribution in [-0.2, 0) is 4.79 Å². The molecule has 0 saturated carbocycles. The van der Waals surface area contributed by atoms with E-state index in [1.807, 2.05) is 55.3 Å². The summed E-state index contributed by atoms with van der Waals surface area (Å²) < 4.78 is 0. The van der Waals surface area contributed by atoms with Gasteiger partial charge in [-0.2, -0.15) is 5.26 Å². The van der Waals surface area contributed by atoms with Crippen molar-refractivity contribution in [3.63, 3.8) is 0 Å². The lowest BCUT2D eigenvalue weighted by molar-refractivity contribution is -0.119. The van der Waals surface area contributed by atoms with Crippen LogP contribution in [0.2, 0.25) is 0 Å². The lowest BCUT2D eigenvalue weighted by Crippen LogP contribution is -2.47. The van der Waals surface area contributed by atoms with Gasteiger partial charge in [-0.05, 0) is 24.3 Å². The molecule has 0 saturated heterocycles. The smallest absolute Gasteiger partial charge is 0.162 e. The number of nitriles is 1. The highest BCUT2D eigenvalue weighted by Gasteiger charge is 2.44. The minimum absolute atomic E-state index is 0.106. The van der Waals surface area contributed by atoms with Crippen LogP contribution < -0.4 is 5.73 Å². The molecule has 2 aliphatic rings. The van der Waals surface area contributed by atoms with Crippen LogP contribution in [0, 0.1) is 23.7 Å². The van der Waals surface area contributed by atoms with Gasteiger partial charge in [0.15, 0.2) is 5.78 Å². The summed E-state index contributed by atoms with van der Waals surface area (Å²) in [7, 11) is 3.76. The average Bonchev–Trinajstić information content (AvgIpc) is 2.52. The molecule has 5 nitrogen and oxygen atoms in total. The number of aryl methyl sites for hydroxylation is 1. The monoisotopic (exact) mass is 350 g/mol. The Morgan fingerprint density at radius 3 is 2.58 bits per heavy atom. The van der Waals surface area contributed by atoms with Gasteiger partial charge >= 0.3 is 0 Å². The summed E-state index contributed by atoms with van der Waals surface area (Å²) in [6.45, 7) is 6.21. The third-order valence-corrected chi connectivity index (χ3v) is 5.13. The highest BCUT2D eigenvalue weighted by molar-refractivity contribution is 6.00. The van der Waals surface area contributed by atoms with Crippen LogP contribution in [0.4, 0.5) is 0 Å². The maximum atomic E-state index is 13.2. The van der Waals surface area contributed by atoms with Gasteiger partial charge in [0.05, 0.1) is 17.6 Å². The fraction of sp³-hybridized carbons (Fsp3) is 0.429. The molecule has 5 heteroatoms. The van der Waals surface area contributed by atoms with Gasteiger partial charge in [-0.3, -0.25) is 9.80 Å². The molecule has 0 aromatic heterocycles. The number of nitrogens with two attached hydrogens (primary N) is 1. The Hall–Kier alpha value is -2.58. The van der Waals surface area contributed by atoms with Crippen LogP contribution in [-0.4, -0.2) is 29.9 Å². The molecule has 0 unspecified atom stereocenters. The second kappa shape index (κ2) is 6.30. The normalized spacial score (nSPS) is 22.6. The Bertz CT molecular complexity index is 870. The first-order valence-electron chi connectivity index (χ1n) is 8.86. The zero-order valence-corrected chi connectivity index (χ0v) is 16.1. The topological polar surface area (TPSA) is 73.4 Å². The van der Waals surface area contributed by atoms with Crippen molar-refractivity contribution in [3.05, 3.63) is 58.1 Å². The fourth-order valence-electron chi connectivity index (χ4n) is 4.13. The van der Waals surface area contributed by atoms with E-state index in [2.05, 4.69) is 19.9 Å². The number of allylic oxidation sites excluding steroid dienone is 3. The number of benzene rings is 1. The summed E-state index contributed by atoms with van der Waals surface area (Å²) in [4.78, 5) is 13.2. The number of Topliss-reactive ketones (excluding diaryl/α,β-unsaturated/α-hetero) is 1. The van der Waals surface area contributed by atoms with Gasteiger partial charge in [0.25, 0.3) is 0 Å². The van der Waals surface area contributed by atoms with E-state index in [0.717, 1.165) is 28.8 Å². The minimum atomic E-state index is -0.394. The number of ketones is 1. The van der Waals surface area contributed by atoms with Gasteiger partial charge < -0.3 is 5.73 Å². The number of carbonyl (C=O) groups is 1. The molecule has 0 radical (unpaired) electrons. The Labute approximate surface area is 155 Å². The first-order chi connectivity index (χ1) is 12.2. The standard InChI is InChI=1S/C21H26N4O/c1-13-7-6-8-14(9-13)18-15(12-22)20(23)25(24(4)5)16-10-21(2,3)11-17(26)19(16)18/h6-9,18H,10-11,23H2,1-5H3/t18-/m1/s1. The molecule has 0 bridgehead atoms. The molecular formula is C21H26N4O. The zero-order chi connectivity index (χ0) is 19.2. The van der Waals surface area contributed by atoms with E-state index in [4.69, 9.17) is 5.73 Å². The van der Waals surface area contributed by atoms with Crippen LogP contribution in [0.15, 0.2) is 46.9 Å². The summed E-state index contributed by atoms with van der Waals surface area (Å²) in [6, 6.07) is 10.3. The van der Waals surface area contributed by atoms with E-state index in [1.54, 1.807) is 0 Å². The number of hydrazine groups is 1. The van der Waals surface area contributed by atoms with E-state index in [1.165, 1.54) is 0 Å². The molecule has 1 atom stereocenters. The molecule has 1 aromatic rings. The molecule has 0 fully saturated rings. The Morgan fingerprint density at radius 2 is 2.00 bits per heavy atom. The molecule has 1 aliphatic heterocycles. The van der Waals surface area contributed by atoms with Gasteiger partial charge in [-0.25, -0.2) is 5.01 Å². The van der Waals surface area contributed by atoms with Crippen LogP contribution in [0.3, 0.4) is 0 Å². The van der Waals surface area contributed by atoms with Crippen molar-refractivity contribution in [2.24, 2.45) is 11.1 Å². The number of carbonyl (C=O) groups excluding carboxylic acids is 1. The van der Waals surface area contributed by atoms with Gasteiger partial charge in [0.2, 0.25) is 0 Å². The van der Waals surface area contributed by atoms with Crippen molar-refractivity contribution >= 4 is 5.78 Å². The third-order valence-electron chi connectivity index (χ3n) is 5.13. The average molecular weight is 350 g/mol. The number of hydrogen-bond donors (Lipinski definition) is 1. The first-order valence-corrected chi connectivity index (χ1v) is 8.86. The molecule has 1 aromatic carbocycles. The largest absolute Gasteiger partial charge is 0.383 e. The third kappa shape index (κ3) is 2.91. The van der Waals surface area contributed by atoms with Gasteiger partial charge in [0, 0.05) is 31.8 Å². The summed E-state index contributed by atoms with van der Waals surface area (Å²) >= 11 is 0. The van der Waals surface area contributed by atoms with E-state index in [-0.39, 0.29) is 11.2 Å². The number of rotatable bonds is 2. The number of nitrogens with zero attached hydrogens (tertiary/aromatic N) is 3. The van der Waals surface area contributed by atoms with Crippen molar-refractivity contribution in [1.29, 1.82) is 5.26 Å². The highest BCUT2D eigenvalue weighted by Crippen LogP contribution is 2.49. The van der Waals surface area contributed by atoms with Crippen molar-refractivity contribution in [1.82, 2.24) is 10.0 Å². The predicted molar refractivity (Wildman–Crippen MR) is 101 cm³/mol. The van der Waals surface area contributed by atoms with Crippen molar-refractivity contribution < 1.29 is 4.79 Å². The lowest BCUT2D eigenvalue weighted by Gasteiger charge is -2.45. The van der Waals surface area contributed by atoms with Crippen molar-refractivity contribution in [2.45, 2.75) is 39.5 Å². The molecular weight excluding hydrogens is 324 g/mol. The summed E-state index contributed by atoms with van der Waals surface area (Å²) in [5, 5.41) is 13.6. The highest BCUT2D eigenvalue weighted by atomic mass is 16.1. The van der Waals surface area contributed by atoms with E-state index in [9.17, 15) is 10.1 Å². The van der Waals surface area contributed by atoms with Gasteiger partial charge in [-0.1, -0.05) is 43.7 Å². The fourth-order valence-corrected chi connectivity index (χ4v) is 4.13. The molecule has 0 spiro atoms. The van der Waals surface area contributed by atoms with Gasteiger partial charge in [-0.15, -0.1) is 0 Å². The minimum Gasteiger partial charge on any atom is -0.383 e. The molecule has 1 heterocycles. The summed E-state index contributed by atoms with van der Waals surface area (Å²) in [5.74, 6) is 0.123. The van der Waals surface area contributed by atoms with Gasteiger partial charge in [0.1, 0.15) is 5.82 Å². The SMILES string of the molecule is Cc1cccc([C@@H]2C(C#N)=C(N)N(N(C)C)C3=C2C(=O)CC(C)(C)C3)c1. The quantitative estimate of drug-likeness (QED) is 0.886. The van der Waals surface area contributed by atoms with Crippen LogP contribution in [0.25, 0.3) is 0 Å². The molecule has 136 valence electrons. The Kier molecular flexibility index (Phi) is 4.41. The number of hydrogen-bond acceptors (Lipinski definition) is 5. The lowest BCUT2D eigenvalue weighted by atomic mass is 9.69. The van der Waals surface area contributed by atoms with E-state index in [0.29, 0.717) is 17.8 Å². The molecule has 3 rings (SSSR count). The van der Waals surface area contributed by atoms with E-state index < -0.39 is 5.92 Å². The Morgan fingerprint density at radius 1 is 1.31 bits per heavy atom. The first kappa shape index (κ1) is 18.2. The molecule has 0 amide bonds. The van der Waals surface area contributed by atoms with Crippen molar-refractivity contribution in [2.75, 3.05) is 14.1 Å². The van der Waals surface area contributed by atoms with Crippen molar-refractivity contribution in [3.8, 4) is 6.07 Å². The van der Waals surface area contributed by atoms with Crippen LogP contribution >= 0.6 is 0 Å². The molecule has 2 N–H and O–H groups in total. The maximum absolute atomic E-state index is 13.2. The summed E-state index contributed by atoms with van der Waals surface area (Å²) in [6.07, 6.45) is 1.22. The van der Waals surface area contributed by atoms with Crippen LogP contribution in [0.5, 0.6) is 0 Å². The molecule has 26 heavy (non-hydrogen) atoms. The molecule has 1 aliphatic carbocycles. The second-order valence-corrected chi connectivity index (χ2v) is 8.22. The Balaban J connectivity index is 2.30. The van der Waals surface area contributed by atoms with E-state index >= 15 is 0 Å². The zero-order valence-electron chi connectivity index (χ0n) is 16.1. The van der Waals surface area contributed by atoms with Crippen LogP contribution in [0.1, 0.15) is 43.7 Å².